The average Bonchev–Trinajstić information content (AvgIpc) is 2.77. The molecule has 2 aliphatic rings. The first-order valence-corrected chi connectivity index (χ1v) is 9.75. The topological polar surface area (TPSA) is 61.6 Å². The third kappa shape index (κ3) is 3.55. The van der Waals surface area contributed by atoms with Gasteiger partial charge in [0.25, 0.3) is 0 Å². The molecule has 2 aliphatic heterocycles. The fraction of sp³-hybridized carbons (Fsp3) is 0.391. The van der Waals surface area contributed by atoms with Crippen molar-refractivity contribution >= 4 is 11.4 Å². The van der Waals surface area contributed by atoms with E-state index >= 15 is 0 Å². The van der Waals surface area contributed by atoms with Gasteiger partial charge in [-0.25, -0.2) is 0 Å². The maximum Gasteiger partial charge on any atom is 0.161 e. The summed E-state index contributed by atoms with van der Waals surface area (Å²) in [5.41, 5.74) is 6.77. The molecule has 0 radical (unpaired) electrons. The van der Waals surface area contributed by atoms with Crippen LogP contribution in [0.2, 0.25) is 0 Å². The van der Waals surface area contributed by atoms with Gasteiger partial charge in [-0.15, -0.1) is 0 Å². The van der Waals surface area contributed by atoms with Gasteiger partial charge in [0.2, 0.25) is 0 Å². The maximum absolute atomic E-state index is 5.51. The smallest absolute Gasteiger partial charge is 0.161 e. The number of aliphatic imine (C=N–C) groups is 2. The van der Waals surface area contributed by atoms with Crippen LogP contribution in [0, 0.1) is 0 Å². The number of rotatable bonds is 6. The molecule has 0 saturated carbocycles. The van der Waals surface area contributed by atoms with Crippen LogP contribution in [0.25, 0.3) is 0 Å². The van der Waals surface area contributed by atoms with Crippen molar-refractivity contribution < 1.29 is 18.9 Å². The van der Waals surface area contributed by atoms with Gasteiger partial charge in [-0.3, -0.25) is 9.98 Å². The molecule has 0 saturated heterocycles. The monoisotopic (exact) mass is 394 g/mol. The summed E-state index contributed by atoms with van der Waals surface area (Å²) in [7, 11) is 6.64. The van der Waals surface area contributed by atoms with Crippen molar-refractivity contribution in [3.63, 3.8) is 0 Å². The molecule has 0 fully saturated rings. The van der Waals surface area contributed by atoms with E-state index in [-0.39, 0.29) is 0 Å². The molecule has 152 valence electrons. The van der Waals surface area contributed by atoms with Crippen molar-refractivity contribution in [1.29, 1.82) is 0 Å². The maximum atomic E-state index is 5.51. The lowest BCUT2D eigenvalue weighted by molar-refractivity contribution is 0.354. The summed E-state index contributed by atoms with van der Waals surface area (Å²) >= 11 is 0. The summed E-state index contributed by atoms with van der Waals surface area (Å²) in [4.78, 5) is 9.66. The SMILES string of the molecule is COc1cc2c(cc1OC)C(CC1=NCCc3cc(OC)c(OC)cc31)=NCC2. The van der Waals surface area contributed by atoms with E-state index in [0.29, 0.717) is 6.42 Å². The van der Waals surface area contributed by atoms with E-state index in [1.807, 2.05) is 12.1 Å². The lowest BCUT2D eigenvalue weighted by Gasteiger charge is -2.23. The number of nitrogens with zero attached hydrogens (tertiary/aromatic N) is 2. The second-order valence-corrected chi connectivity index (χ2v) is 7.06. The Morgan fingerprint density at radius 1 is 0.621 bits per heavy atom. The van der Waals surface area contributed by atoms with Gasteiger partial charge in [-0.2, -0.15) is 0 Å². The molecule has 0 atom stereocenters. The van der Waals surface area contributed by atoms with Crippen molar-refractivity contribution in [2.24, 2.45) is 9.98 Å². The molecule has 2 aromatic rings. The van der Waals surface area contributed by atoms with Crippen molar-refractivity contribution in [3.8, 4) is 23.0 Å². The highest BCUT2D eigenvalue weighted by Gasteiger charge is 2.23. The van der Waals surface area contributed by atoms with Crippen LogP contribution in [0.3, 0.4) is 0 Å². The van der Waals surface area contributed by atoms with Gasteiger partial charge in [0.05, 0.1) is 28.4 Å². The summed E-state index contributed by atoms with van der Waals surface area (Å²) in [5, 5.41) is 0. The minimum absolute atomic E-state index is 0.672. The first-order valence-electron chi connectivity index (χ1n) is 9.75. The Morgan fingerprint density at radius 3 is 1.38 bits per heavy atom. The minimum atomic E-state index is 0.672. The van der Waals surface area contributed by atoms with E-state index in [9.17, 15) is 0 Å². The Kier molecular flexibility index (Phi) is 5.43. The Balaban J connectivity index is 1.70. The summed E-state index contributed by atoms with van der Waals surface area (Å²) in [6.45, 7) is 1.54. The first-order chi connectivity index (χ1) is 14.2. The van der Waals surface area contributed by atoms with E-state index in [4.69, 9.17) is 28.9 Å². The fourth-order valence-corrected chi connectivity index (χ4v) is 4.05. The highest BCUT2D eigenvalue weighted by Crippen LogP contribution is 2.35. The Hall–Kier alpha value is -3.02. The lowest BCUT2D eigenvalue weighted by atomic mass is 9.89. The molecule has 0 N–H and O–H groups in total. The van der Waals surface area contributed by atoms with Gasteiger partial charge in [0.15, 0.2) is 23.0 Å². The third-order valence-corrected chi connectivity index (χ3v) is 5.54. The van der Waals surface area contributed by atoms with Gasteiger partial charge >= 0.3 is 0 Å². The van der Waals surface area contributed by atoms with Crippen molar-refractivity contribution in [2.45, 2.75) is 19.3 Å². The molecule has 2 aromatic carbocycles. The number of fused-ring (bicyclic) bond motifs is 2. The summed E-state index contributed by atoms with van der Waals surface area (Å²) < 4.78 is 22.0. The summed E-state index contributed by atoms with van der Waals surface area (Å²) in [6.07, 6.45) is 2.46. The molecular formula is C23H26N2O4. The van der Waals surface area contributed by atoms with Gasteiger partial charge in [0.1, 0.15) is 0 Å². The molecular weight excluding hydrogens is 368 g/mol. The van der Waals surface area contributed by atoms with Crippen LogP contribution in [0.1, 0.15) is 28.7 Å². The molecule has 0 spiro atoms. The summed E-state index contributed by atoms with van der Waals surface area (Å²) in [6, 6.07) is 8.19. The van der Waals surface area contributed by atoms with E-state index < -0.39 is 0 Å². The molecule has 6 nitrogen and oxygen atoms in total. The zero-order valence-corrected chi connectivity index (χ0v) is 17.4. The number of methoxy groups -OCH3 is 4. The fourth-order valence-electron chi connectivity index (χ4n) is 4.05. The van der Waals surface area contributed by atoms with Crippen molar-refractivity contribution in [3.05, 3.63) is 46.5 Å². The van der Waals surface area contributed by atoms with Crippen LogP contribution in [0.4, 0.5) is 0 Å². The number of hydrogen-bond donors (Lipinski definition) is 0. The van der Waals surface area contributed by atoms with Gasteiger partial charge in [-0.1, -0.05) is 0 Å². The van der Waals surface area contributed by atoms with E-state index in [0.717, 1.165) is 71.5 Å². The third-order valence-electron chi connectivity index (χ3n) is 5.54. The van der Waals surface area contributed by atoms with Crippen molar-refractivity contribution in [1.82, 2.24) is 0 Å². The zero-order chi connectivity index (χ0) is 20.4. The molecule has 6 heteroatoms. The average molecular weight is 394 g/mol. The molecule has 29 heavy (non-hydrogen) atoms. The van der Waals surface area contributed by atoms with Gasteiger partial charge in [0, 0.05) is 42.1 Å². The normalized spacial score (nSPS) is 14.9. The van der Waals surface area contributed by atoms with E-state index in [2.05, 4.69) is 12.1 Å². The van der Waals surface area contributed by atoms with Crippen LogP contribution in [0.5, 0.6) is 23.0 Å². The lowest BCUT2D eigenvalue weighted by Crippen LogP contribution is -2.21. The Bertz CT molecular complexity index is 915. The Labute approximate surface area is 171 Å². The molecule has 4 rings (SSSR count). The Morgan fingerprint density at radius 2 is 1.00 bits per heavy atom. The van der Waals surface area contributed by atoms with Crippen LogP contribution in [-0.2, 0) is 12.8 Å². The standard InChI is InChI=1S/C23H26N2O4/c1-26-20-9-14-5-7-24-18(16(14)11-22(20)28-3)13-19-17-12-23(29-4)21(27-2)10-15(17)6-8-25-19/h9-12H,5-8,13H2,1-4H3. The highest BCUT2D eigenvalue weighted by atomic mass is 16.5. The van der Waals surface area contributed by atoms with E-state index in [1.54, 1.807) is 28.4 Å². The molecule has 2 heterocycles. The highest BCUT2D eigenvalue weighted by molar-refractivity contribution is 6.19. The second-order valence-electron chi connectivity index (χ2n) is 7.06. The van der Waals surface area contributed by atoms with Gasteiger partial charge < -0.3 is 18.9 Å². The number of hydrogen-bond acceptors (Lipinski definition) is 6. The van der Waals surface area contributed by atoms with Crippen LogP contribution >= 0.6 is 0 Å². The van der Waals surface area contributed by atoms with Crippen LogP contribution < -0.4 is 18.9 Å². The molecule has 0 unspecified atom stereocenters. The van der Waals surface area contributed by atoms with Gasteiger partial charge in [-0.05, 0) is 48.2 Å². The van der Waals surface area contributed by atoms with Crippen LogP contribution in [-0.4, -0.2) is 53.0 Å². The quantitative estimate of drug-likeness (QED) is 0.752. The number of ether oxygens (including phenoxy) is 4. The first kappa shape index (κ1) is 19.3. The largest absolute Gasteiger partial charge is 0.493 e. The predicted molar refractivity (Wildman–Crippen MR) is 114 cm³/mol. The summed E-state index contributed by atoms with van der Waals surface area (Å²) in [5.74, 6) is 2.95. The van der Waals surface area contributed by atoms with Crippen LogP contribution in [0.15, 0.2) is 34.3 Å². The molecule has 0 amide bonds. The minimum Gasteiger partial charge on any atom is -0.493 e. The molecule has 0 aromatic heterocycles. The zero-order valence-electron chi connectivity index (χ0n) is 17.4. The van der Waals surface area contributed by atoms with E-state index in [1.165, 1.54) is 11.1 Å². The number of benzene rings is 2. The molecule has 0 bridgehead atoms. The second kappa shape index (κ2) is 8.15. The predicted octanol–water partition coefficient (Wildman–Crippen LogP) is 3.50. The van der Waals surface area contributed by atoms with Crippen molar-refractivity contribution in [2.75, 3.05) is 41.5 Å². The molecule has 0 aliphatic carbocycles.